The fourth-order valence-corrected chi connectivity index (χ4v) is 2.24. The molecule has 1 aliphatic heterocycles. The minimum atomic E-state index is -0.176. The SMILES string of the molecule is N=C(Cl)c1cc(-c2ccncn2)c(C2=CCC=CO2)nc1N. The number of nitrogens with zero attached hydrogens (tertiary/aromatic N) is 3. The van der Waals surface area contributed by atoms with E-state index in [1.54, 1.807) is 24.6 Å². The molecule has 3 heterocycles. The number of hydrogen-bond acceptors (Lipinski definition) is 6. The van der Waals surface area contributed by atoms with Gasteiger partial charge in [0, 0.05) is 11.8 Å². The third-order valence-corrected chi connectivity index (χ3v) is 3.31. The summed E-state index contributed by atoms with van der Waals surface area (Å²) in [6.45, 7) is 0. The highest BCUT2D eigenvalue weighted by Gasteiger charge is 2.19. The first kappa shape index (κ1) is 14.2. The van der Waals surface area contributed by atoms with Gasteiger partial charge in [-0.15, -0.1) is 0 Å². The molecule has 3 N–H and O–H groups in total. The Bertz CT molecular complexity index is 786. The van der Waals surface area contributed by atoms with E-state index in [0.717, 1.165) is 6.42 Å². The topological polar surface area (TPSA) is 97.8 Å². The van der Waals surface area contributed by atoms with E-state index >= 15 is 0 Å². The van der Waals surface area contributed by atoms with Crippen LogP contribution in [0.15, 0.2) is 43.1 Å². The Morgan fingerprint density at radius 2 is 2.27 bits per heavy atom. The fraction of sp³-hybridized carbons (Fsp3) is 0.0667. The van der Waals surface area contributed by atoms with Crippen LogP contribution in [0.3, 0.4) is 0 Å². The van der Waals surface area contributed by atoms with Crippen LogP contribution in [0.2, 0.25) is 0 Å². The summed E-state index contributed by atoms with van der Waals surface area (Å²) in [6.07, 6.45) is 9.21. The first-order chi connectivity index (χ1) is 10.7. The molecule has 0 spiro atoms. The minimum Gasteiger partial charge on any atom is -0.463 e. The molecule has 3 rings (SSSR count). The van der Waals surface area contributed by atoms with Gasteiger partial charge in [0.1, 0.15) is 28.8 Å². The number of allylic oxidation sites excluding steroid dienone is 2. The number of pyridine rings is 1. The van der Waals surface area contributed by atoms with E-state index in [0.29, 0.717) is 28.3 Å². The molecule has 0 fully saturated rings. The highest BCUT2D eigenvalue weighted by atomic mass is 35.5. The highest BCUT2D eigenvalue weighted by Crippen LogP contribution is 2.31. The lowest BCUT2D eigenvalue weighted by atomic mass is 10.0. The summed E-state index contributed by atoms with van der Waals surface area (Å²) in [7, 11) is 0. The summed E-state index contributed by atoms with van der Waals surface area (Å²) in [4.78, 5) is 12.5. The van der Waals surface area contributed by atoms with Crippen molar-refractivity contribution in [1.29, 1.82) is 5.41 Å². The van der Waals surface area contributed by atoms with Crippen molar-refractivity contribution >= 4 is 28.3 Å². The summed E-state index contributed by atoms with van der Waals surface area (Å²) in [5, 5.41) is 7.43. The third kappa shape index (κ3) is 2.68. The van der Waals surface area contributed by atoms with Crippen LogP contribution >= 0.6 is 11.6 Å². The summed E-state index contributed by atoms with van der Waals surface area (Å²) in [5.41, 5.74) is 8.14. The van der Waals surface area contributed by atoms with E-state index in [9.17, 15) is 0 Å². The highest BCUT2D eigenvalue weighted by molar-refractivity contribution is 6.69. The van der Waals surface area contributed by atoms with Crippen LogP contribution in [-0.4, -0.2) is 20.1 Å². The molecular formula is C15H12ClN5O. The van der Waals surface area contributed by atoms with Gasteiger partial charge in [0.05, 0.1) is 17.5 Å². The molecule has 0 amide bonds. The van der Waals surface area contributed by atoms with E-state index < -0.39 is 0 Å². The zero-order valence-corrected chi connectivity index (χ0v) is 12.2. The second-order valence-electron chi connectivity index (χ2n) is 4.52. The number of aromatic nitrogens is 3. The monoisotopic (exact) mass is 313 g/mol. The van der Waals surface area contributed by atoms with E-state index in [4.69, 9.17) is 27.5 Å². The van der Waals surface area contributed by atoms with E-state index in [-0.39, 0.29) is 11.0 Å². The Hall–Kier alpha value is -2.73. The maximum absolute atomic E-state index is 7.61. The van der Waals surface area contributed by atoms with Gasteiger partial charge in [-0.1, -0.05) is 11.6 Å². The summed E-state index contributed by atoms with van der Waals surface area (Å²) in [6, 6.07) is 3.44. The summed E-state index contributed by atoms with van der Waals surface area (Å²) >= 11 is 5.78. The van der Waals surface area contributed by atoms with Crippen molar-refractivity contribution in [2.75, 3.05) is 5.73 Å². The zero-order chi connectivity index (χ0) is 15.5. The molecule has 1 aliphatic rings. The molecule has 0 bridgehead atoms. The van der Waals surface area contributed by atoms with Crippen molar-refractivity contribution in [2.24, 2.45) is 0 Å². The zero-order valence-electron chi connectivity index (χ0n) is 11.5. The van der Waals surface area contributed by atoms with Crippen LogP contribution in [0.25, 0.3) is 17.0 Å². The van der Waals surface area contributed by atoms with E-state index in [1.807, 2.05) is 12.2 Å². The number of ether oxygens (including phenoxy) is 1. The van der Waals surface area contributed by atoms with Crippen molar-refractivity contribution in [2.45, 2.75) is 6.42 Å². The molecule has 0 saturated carbocycles. The van der Waals surface area contributed by atoms with Crippen LogP contribution in [0.4, 0.5) is 5.82 Å². The summed E-state index contributed by atoms with van der Waals surface area (Å²) in [5.74, 6) is 0.766. The van der Waals surface area contributed by atoms with Crippen molar-refractivity contribution in [3.05, 3.63) is 54.3 Å². The van der Waals surface area contributed by atoms with Gasteiger partial charge in [0.25, 0.3) is 0 Å². The van der Waals surface area contributed by atoms with Crippen LogP contribution in [0.1, 0.15) is 17.7 Å². The number of anilines is 1. The Labute approximate surface area is 131 Å². The molecule has 6 nitrogen and oxygen atoms in total. The lowest BCUT2D eigenvalue weighted by Crippen LogP contribution is -2.07. The molecule has 22 heavy (non-hydrogen) atoms. The molecule has 110 valence electrons. The van der Waals surface area contributed by atoms with E-state index in [2.05, 4.69) is 15.0 Å². The average Bonchev–Trinajstić information content (AvgIpc) is 2.56. The number of nitrogens with two attached hydrogens (primary N) is 1. The Morgan fingerprint density at radius 3 is 2.91 bits per heavy atom. The van der Waals surface area contributed by atoms with Crippen LogP contribution < -0.4 is 5.73 Å². The van der Waals surface area contributed by atoms with Crippen LogP contribution in [0.5, 0.6) is 0 Å². The molecule has 2 aromatic heterocycles. The van der Waals surface area contributed by atoms with Crippen LogP contribution in [0, 0.1) is 5.41 Å². The van der Waals surface area contributed by atoms with Crippen molar-refractivity contribution in [3.8, 4) is 11.3 Å². The van der Waals surface area contributed by atoms with Gasteiger partial charge >= 0.3 is 0 Å². The van der Waals surface area contributed by atoms with Crippen molar-refractivity contribution in [1.82, 2.24) is 15.0 Å². The Balaban J connectivity index is 2.21. The standard InChI is InChI=1S/C15H12ClN5O/c16-14(17)10-7-9(11-4-5-19-8-20-11)13(21-15(10)18)12-3-1-2-6-22-12/h2-8,17H,1H2,(H2,18,21). The summed E-state index contributed by atoms with van der Waals surface area (Å²) < 4.78 is 5.51. The quantitative estimate of drug-likeness (QED) is 0.849. The van der Waals surface area contributed by atoms with Gasteiger partial charge in [0.15, 0.2) is 0 Å². The Morgan fingerprint density at radius 1 is 1.41 bits per heavy atom. The predicted octanol–water partition coefficient (Wildman–Crippen LogP) is 2.96. The predicted molar refractivity (Wildman–Crippen MR) is 85.2 cm³/mol. The van der Waals surface area contributed by atoms with E-state index in [1.165, 1.54) is 6.33 Å². The van der Waals surface area contributed by atoms with Crippen molar-refractivity contribution in [3.63, 3.8) is 0 Å². The first-order valence-corrected chi connectivity index (χ1v) is 6.88. The fourth-order valence-electron chi connectivity index (χ4n) is 2.09. The van der Waals surface area contributed by atoms with Gasteiger partial charge in [0.2, 0.25) is 0 Å². The Kier molecular flexibility index (Phi) is 3.84. The van der Waals surface area contributed by atoms with Gasteiger partial charge in [-0.05, 0) is 30.7 Å². The first-order valence-electron chi connectivity index (χ1n) is 6.50. The number of halogens is 1. The molecule has 0 radical (unpaired) electrons. The number of nitrogens with one attached hydrogen (secondary N) is 1. The maximum atomic E-state index is 7.61. The number of rotatable bonds is 3. The molecular weight excluding hydrogens is 302 g/mol. The minimum absolute atomic E-state index is 0.173. The lowest BCUT2D eigenvalue weighted by molar-refractivity contribution is 0.425. The molecule has 0 atom stereocenters. The van der Waals surface area contributed by atoms with Gasteiger partial charge in [-0.2, -0.15) is 0 Å². The molecule has 0 aromatic carbocycles. The second-order valence-corrected chi connectivity index (χ2v) is 4.90. The number of hydrogen-bond donors (Lipinski definition) is 2. The molecule has 2 aromatic rings. The van der Waals surface area contributed by atoms with Gasteiger partial charge in [-0.3, -0.25) is 5.41 Å². The third-order valence-electron chi connectivity index (χ3n) is 3.11. The normalized spacial score (nSPS) is 13.4. The average molecular weight is 314 g/mol. The maximum Gasteiger partial charge on any atom is 0.149 e. The second kappa shape index (κ2) is 5.95. The largest absolute Gasteiger partial charge is 0.463 e. The van der Waals surface area contributed by atoms with Gasteiger partial charge < -0.3 is 10.5 Å². The molecule has 0 aliphatic carbocycles. The van der Waals surface area contributed by atoms with Crippen molar-refractivity contribution < 1.29 is 4.74 Å². The molecule has 0 unspecified atom stereocenters. The number of nitrogen functional groups attached to an aromatic ring is 1. The lowest BCUT2D eigenvalue weighted by Gasteiger charge is -2.15. The molecule has 7 heteroatoms. The van der Waals surface area contributed by atoms with Crippen LogP contribution in [-0.2, 0) is 4.74 Å². The molecule has 0 saturated heterocycles. The smallest absolute Gasteiger partial charge is 0.149 e. The van der Waals surface area contributed by atoms with Gasteiger partial charge in [-0.25, -0.2) is 15.0 Å².